The van der Waals surface area contributed by atoms with Gasteiger partial charge < -0.3 is 5.73 Å². The molecule has 2 nitrogen and oxygen atoms in total. The lowest BCUT2D eigenvalue weighted by Gasteiger charge is -1.97. The van der Waals surface area contributed by atoms with Crippen molar-refractivity contribution >= 4 is 29.8 Å². The van der Waals surface area contributed by atoms with Crippen LogP contribution < -0.4 is 5.73 Å². The lowest BCUT2D eigenvalue weighted by molar-refractivity contribution is 1.25. The van der Waals surface area contributed by atoms with Gasteiger partial charge in [0.1, 0.15) is 0 Å². The van der Waals surface area contributed by atoms with E-state index in [4.69, 9.17) is 22.7 Å². The second-order valence-electron chi connectivity index (χ2n) is 2.33. The van der Waals surface area contributed by atoms with E-state index in [2.05, 4.69) is 0 Å². The van der Waals surface area contributed by atoms with Crippen LogP contribution in [0.15, 0.2) is 24.3 Å². The van der Waals surface area contributed by atoms with E-state index < -0.39 is 0 Å². The van der Waals surface area contributed by atoms with Crippen LogP contribution in [0.3, 0.4) is 0 Å². The molecular formula is C8H10Cl2N2. The zero-order chi connectivity index (χ0) is 8.27. The smallest absolute Gasteiger partial charge is 0.0950 e. The standard InChI is InChI=1S/C8H9ClN2.ClH/c9-7-3-1-6(2-4-7)5-8(10)11;/h1-4H,5H2,(H3,10,11);1H. The number of nitrogens with two attached hydrogens (primary N) is 1. The Labute approximate surface area is 82.6 Å². The van der Waals surface area contributed by atoms with Crippen molar-refractivity contribution in [3.63, 3.8) is 0 Å². The predicted molar refractivity (Wildman–Crippen MR) is 54.3 cm³/mol. The van der Waals surface area contributed by atoms with Crippen LogP contribution in [0, 0.1) is 5.41 Å². The van der Waals surface area contributed by atoms with Crippen LogP contribution in [0.25, 0.3) is 0 Å². The monoisotopic (exact) mass is 204 g/mol. The summed E-state index contributed by atoms with van der Waals surface area (Å²) in [4.78, 5) is 0. The van der Waals surface area contributed by atoms with Gasteiger partial charge in [0.25, 0.3) is 0 Å². The van der Waals surface area contributed by atoms with Gasteiger partial charge in [0.15, 0.2) is 0 Å². The molecule has 0 saturated carbocycles. The van der Waals surface area contributed by atoms with E-state index in [1.807, 2.05) is 12.1 Å². The minimum absolute atomic E-state index is 0. The molecule has 0 aromatic heterocycles. The molecule has 0 aliphatic heterocycles. The summed E-state index contributed by atoms with van der Waals surface area (Å²) < 4.78 is 0. The molecule has 0 bridgehead atoms. The van der Waals surface area contributed by atoms with Crippen LogP contribution in [0.5, 0.6) is 0 Å². The maximum absolute atomic E-state index is 7.03. The summed E-state index contributed by atoms with van der Waals surface area (Å²) in [5.41, 5.74) is 6.23. The number of rotatable bonds is 2. The largest absolute Gasteiger partial charge is 0.387 e. The lowest BCUT2D eigenvalue weighted by Crippen LogP contribution is -2.12. The van der Waals surface area contributed by atoms with Crippen LogP contribution in [0.4, 0.5) is 0 Å². The van der Waals surface area contributed by atoms with Crippen LogP contribution in [0.1, 0.15) is 5.56 Å². The molecular weight excluding hydrogens is 195 g/mol. The number of benzene rings is 1. The first-order valence-corrected chi connectivity index (χ1v) is 3.63. The second kappa shape index (κ2) is 5.01. The SMILES string of the molecule is Cl.N=C(N)Cc1ccc(Cl)cc1. The number of hydrogen-bond acceptors (Lipinski definition) is 1. The zero-order valence-corrected chi connectivity index (χ0v) is 7.95. The third-order valence-corrected chi connectivity index (χ3v) is 1.56. The van der Waals surface area contributed by atoms with Gasteiger partial charge in [0.2, 0.25) is 0 Å². The van der Waals surface area contributed by atoms with E-state index in [-0.39, 0.29) is 18.2 Å². The van der Waals surface area contributed by atoms with Gasteiger partial charge in [-0.1, -0.05) is 23.7 Å². The van der Waals surface area contributed by atoms with Crippen molar-refractivity contribution in [2.75, 3.05) is 0 Å². The van der Waals surface area contributed by atoms with Crippen molar-refractivity contribution in [3.8, 4) is 0 Å². The quantitative estimate of drug-likeness (QED) is 0.564. The van der Waals surface area contributed by atoms with Crippen LogP contribution in [-0.2, 0) is 6.42 Å². The van der Waals surface area contributed by atoms with Crippen molar-refractivity contribution in [2.45, 2.75) is 6.42 Å². The summed E-state index contributed by atoms with van der Waals surface area (Å²) in [7, 11) is 0. The van der Waals surface area contributed by atoms with Gasteiger partial charge >= 0.3 is 0 Å². The normalized spacial score (nSPS) is 8.75. The van der Waals surface area contributed by atoms with Gasteiger partial charge in [-0.2, -0.15) is 0 Å². The van der Waals surface area contributed by atoms with Crippen LogP contribution in [-0.4, -0.2) is 5.84 Å². The second-order valence-corrected chi connectivity index (χ2v) is 2.76. The average molecular weight is 205 g/mol. The Morgan fingerprint density at radius 3 is 2.25 bits per heavy atom. The van der Waals surface area contributed by atoms with E-state index in [0.717, 1.165) is 5.56 Å². The molecule has 0 saturated heterocycles. The Balaban J connectivity index is 0.00000121. The molecule has 0 amide bonds. The molecule has 1 aromatic carbocycles. The maximum Gasteiger partial charge on any atom is 0.0950 e. The highest BCUT2D eigenvalue weighted by Crippen LogP contribution is 2.09. The van der Waals surface area contributed by atoms with E-state index in [9.17, 15) is 0 Å². The Kier molecular flexibility index (Phi) is 4.71. The van der Waals surface area contributed by atoms with Gasteiger partial charge in [0.05, 0.1) is 5.84 Å². The van der Waals surface area contributed by atoms with Gasteiger partial charge in [-0.3, -0.25) is 5.41 Å². The molecule has 3 N–H and O–H groups in total. The third-order valence-electron chi connectivity index (χ3n) is 1.31. The first-order chi connectivity index (χ1) is 5.18. The van der Waals surface area contributed by atoms with Crippen molar-refractivity contribution in [2.24, 2.45) is 5.73 Å². The Hall–Kier alpha value is -0.730. The Morgan fingerprint density at radius 2 is 1.83 bits per heavy atom. The molecule has 0 spiro atoms. The van der Waals surface area contributed by atoms with Gasteiger partial charge in [0, 0.05) is 11.4 Å². The predicted octanol–water partition coefficient (Wildman–Crippen LogP) is 2.24. The first kappa shape index (κ1) is 11.3. The van der Waals surface area contributed by atoms with Gasteiger partial charge in [-0.05, 0) is 17.7 Å². The number of nitrogens with one attached hydrogen (secondary N) is 1. The van der Waals surface area contributed by atoms with Crippen molar-refractivity contribution in [1.29, 1.82) is 5.41 Å². The van der Waals surface area contributed by atoms with E-state index in [1.54, 1.807) is 12.1 Å². The topological polar surface area (TPSA) is 49.9 Å². The molecule has 0 aliphatic carbocycles. The summed E-state index contributed by atoms with van der Waals surface area (Å²) in [6.07, 6.45) is 0.497. The maximum atomic E-state index is 7.03. The number of hydrogen-bond donors (Lipinski definition) is 2. The molecule has 66 valence electrons. The fourth-order valence-electron chi connectivity index (χ4n) is 0.822. The molecule has 0 fully saturated rings. The van der Waals surface area contributed by atoms with Crippen molar-refractivity contribution in [3.05, 3.63) is 34.9 Å². The minimum Gasteiger partial charge on any atom is -0.387 e. The highest BCUT2D eigenvalue weighted by molar-refractivity contribution is 6.30. The van der Waals surface area contributed by atoms with E-state index in [0.29, 0.717) is 11.4 Å². The Morgan fingerprint density at radius 1 is 1.33 bits per heavy atom. The third kappa shape index (κ3) is 3.60. The molecule has 1 rings (SSSR count). The molecule has 12 heavy (non-hydrogen) atoms. The summed E-state index contributed by atoms with van der Waals surface area (Å²) in [5.74, 6) is 0.173. The average Bonchev–Trinajstić information content (AvgIpc) is 1.93. The molecule has 0 atom stereocenters. The molecule has 0 heterocycles. The number of halogens is 2. The number of amidine groups is 1. The molecule has 0 unspecified atom stereocenters. The van der Waals surface area contributed by atoms with Gasteiger partial charge in [-0.15, -0.1) is 12.4 Å². The first-order valence-electron chi connectivity index (χ1n) is 3.26. The molecule has 1 aromatic rings. The minimum atomic E-state index is 0. The summed E-state index contributed by atoms with van der Waals surface area (Å²) >= 11 is 5.66. The summed E-state index contributed by atoms with van der Waals surface area (Å²) in [6.45, 7) is 0. The molecule has 0 radical (unpaired) electrons. The molecule has 4 heteroatoms. The summed E-state index contributed by atoms with van der Waals surface area (Å²) in [5, 5.41) is 7.74. The zero-order valence-electron chi connectivity index (χ0n) is 6.38. The van der Waals surface area contributed by atoms with Crippen molar-refractivity contribution in [1.82, 2.24) is 0 Å². The molecule has 0 aliphatic rings. The fourth-order valence-corrected chi connectivity index (χ4v) is 0.948. The van der Waals surface area contributed by atoms with E-state index >= 15 is 0 Å². The van der Waals surface area contributed by atoms with Crippen molar-refractivity contribution < 1.29 is 0 Å². The van der Waals surface area contributed by atoms with Crippen LogP contribution >= 0.6 is 24.0 Å². The highest BCUT2D eigenvalue weighted by Gasteiger charge is 1.93. The Bertz CT molecular complexity index is 256. The van der Waals surface area contributed by atoms with E-state index in [1.165, 1.54) is 0 Å². The lowest BCUT2D eigenvalue weighted by atomic mass is 10.1. The summed E-state index contributed by atoms with van der Waals surface area (Å²) in [6, 6.07) is 7.31. The fraction of sp³-hybridized carbons (Fsp3) is 0.125. The highest BCUT2D eigenvalue weighted by atomic mass is 35.5. The van der Waals surface area contributed by atoms with Gasteiger partial charge in [-0.25, -0.2) is 0 Å². The van der Waals surface area contributed by atoms with Crippen LogP contribution in [0.2, 0.25) is 5.02 Å².